The van der Waals surface area contributed by atoms with Crippen LogP contribution in [0.4, 0.5) is 0 Å². The molecule has 2 nitrogen and oxygen atoms in total. The third kappa shape index (κ3) is 3.24. The minimum atomic E-state index is 0.288. The molecule has 2 N–H and O–H groups in total. The molecule has 0 amide bonds. The number of likely N-dealkylation sites (tertiary alicyclic amines) is 1. The highest BCUT2D eigenvalue weighted by Crippen LogP contribution is 2.31. The van der Waals surface area contributed by atoms with E-state index in [1.807, 2.05) is 0 Å². The van der Waals surface area contributed by atoms with Crippen molar-refractivity contribution < 1.29 is 0 Å². The molecule has 3 heteroatoms. The summed E-state index contributed by atoms with van der Waals surface area (Å²) in [5, 5.41) is 0. The maximum Gasteiger partial charge on any atom is 0.0233 e. The van der Waals surface area contributed by atoms with Crippen molar-refractivity contribution in [1.82, 2.24) is 4.90 Å². The predicted octanol–water partition coefficient (Wildman–Crippen LogP) is 2.16. The van der Waals surface area contributed by atoms with Crippen LogP contribution in [-0.4, -0.2) is 30.3 Å². The maximum atomic E-state index is 5.88. The van der Waals surface area contributed by atoms with Gasteiger partial charge in [0.05, 0.1) is 0 Å². The smallest absolute Gasteiger partial charge is 0.0233 e. The molecule has 0 radical (unpaired) electrons. The zero-order valence-electron chi connectivity index (χ0n) is 10.3. The van der Waals surface area contributed by atoms with Crippen molar-refractivity contribution in [2.24, 2.45) is 11.1 Å². The highest BCUT2D eigenvalue weighted by atomic mass is 32.1. The van der Waals surface area contributed by atoms with E-state index in [1.165, 1.54) is 18.4 Å². The quantitative estimate of drug-likeness (QED) is 0.802. The van der Waals surface area contributed by atoms with Crippen LogP contribution in [0, 0.1) is 5.41 Å². The molecule has 94 valence electrons. The first kappa shape index (κ1) is 12.9. The zero-order chi connectivity index (χ0) is 12.1. The van der Waals surface area contributed by atoms with Crippen LogP contribution in [0.2, 0.25) is 0 Å². The lowest BCUT2D eigenvalue weighted by Crippen LogP contribution is -2.44. The minimum Gasteiger partial charge on any atom is -0.330 e. The Balaban J connectivity index is 1.87. The molecule has 1 aromatic rings. The van der Waals surface area contributed by atoms with E-state index in [4.69, 9.17) is 5.73 Å². The summed E-state index contributed by atoms with van der Waals surface area (Å²) in [6.07, 6.45) is 2.36. The Kier molecular flexibility index (Phi) is 4.48. The standard InChI is InChI=1S/C14H22N2S/c15-11-14(12-17)6-8-16(9-7-14)10-13-4-2-1-3-5-13/h1-5,17H,6-12,15H2. The average molecular weight is 250 g/mol. The Morgan fingerprint density at radius 3 is 2.35 bits per heavy atom. The van der Waals surface area contributed by atoms with Crippen LogP contribution in [0.15, 0.2) is 30.3 Å². The Morgan fingerprint density at radius 1 is 1.18 bits per heavy atom. The van der Waals surface area contributed by atoms with Crippen LogP contribution < -0.4 is 5.73 Å². The molecule has 0 aromatic heterocycles. The molecule has 1 aliphatic heterocycles. The molecule has 1 aromatic carbocycles. The number of rotatable bonds is 4. The van der Waals surface area contributed by atoms with E-state index in [0.29, 0.717) is 0 Å². The van der Waals surface area contributed by atoms with Gasteiger partial charge in [-0.05, 0) is 49.2 Å². The number of thiol groups is 1. The summed E-state index contributed by atoms with van der Waals surface area (Å²) in [6, 6.07) is 10.7. The molecule has 0 unspecified atom stereocenters. The molecule has 1 aliphatic rings. The number of benzene rings is 1. The van der Waals surface area contributed by atoms with Crippen LogP contribution in [0.25, 0.3) is 0 Å². The van der Waals surface area contributed by atoms with Gasteiger partial charge in [-0.1, -0.05) is 30.3 Å². The van der Waals surface area contributed by atoms with Crippen LogP contribution in [0.3, 0.4) is 0 Å². The van der Waals surface area contributed by atoms with Crippen LogP contribution >= 0.6 is 12.6 Å². The van der Waals surface area contributed by atoms with Gasteiger partial charge in [-0.25, -0.2) is 0 Å². The number of nitrogens with two attached hydrogens (primary N) is 1. The molecule has 2 rings (SSSR count). The maximum absolute atomic E-state index is 5.88. The highest BCUT2D eigenvalue weighted by Gasteiger charge is 2.31. The molecule has 0 atom stereocenters. The Morgan fingerprint density at radius 2 is 1.82 bits per heavy atom. The van der Waals surface area contributed by atoms with E-state index < -0.39 is 0 Å². The summed E-state index contributed by atoms with van der Waals surface area (Å²) in [5.41, 5.74) is 7.57. The Hall–Kier alpha value is -0.510. The highest BCUT2D eigenvalue weighted by molar-refractivity contribution is 7.80. The molecular weight excluding hydrogens is 228 g/mol. The van der Waals surface area contributed by atoms with Crippen LogP contribution in [0.5, 0.6) is 0 Å². The van der Waals surface area contributed by atoms with Crippen LogP contribution in [0.1, 0.15) is 18.4 Å². The molecule has 1 fully saturated rings. The number of piperidine rings is 1. The third-order valence-corrected chi connectivity index (χ3v) is 4.60. The van der Waals surface area contributed by atoms with E-state index in [1.54, 1.807) is 0 Å². The van der Waals surface area contributed by atoms with Crippen molar-refractivity contribution in [2.45, 2.75) is 19.4 Å². The predicted molar refractivity (Wildman–Crippen MR) is 76.3 cm³/mol. The lowest BCUT2D eigenvalue weighted by molar-refractivity contribution is 0.123. The van der Waals surface area contributed by atoms with Gasteiger partial charge < -0.3 is 5.73 Å². The van der Waals surface area contributed by atoms with Gasteiger partial charge in [-0.3, -0.25) is 4.90 Å². The topological polar surface area (TPSA) is 29.3 Å². The van der Waals surface area contributed by atoms with E-state index in [2.05, 4.69) is 47.9 Å². The molecule has 1 saturated heterocycles. The fourth-order valence-electron chi connectivity index (χ4n) is 2.45. The van der Waals surface area contributed by atoms with Gasteiger partial charge in [0.15, 0.2) is 0 Å². The number of nitrogens with zero attached hydrogens (tertiary/aromatic N) is 1. The third-order valence-electron chi connectivity index (χ3n) is 3.93. The molecule has 0 aliphatic carbocycles. The van der Waals surface area contributed by atoms with Gasteiger partial charge in [-0.15, -0.1) is 0 Å². The van der Waals surface area contributed by atoms with Crippen LogP contribution in [-0.2, 0) is 6.54 Å². The zero-order valence-corrected chi connectivity index (χ0v) is 11.2. The second-order valence-corrected chi connectivity index (χ2v) is 5.44. The van der Waals surface area contributed by atoms with E-state index in [9.17, 15) is 0 Å². The Bertz CT molecular complexity index is 325. The van der Waals surface area contributed by atoms with Gasteiger partial charge in [0.2, 0.25) is 0 Å². The SMILES string of the molecule is NCC1(CS)CCN(Cc2ccccc2)CC1. The fourth-order valence-corrected chi connectivity index (χ4v) is 2.90. The molecule has 0 spiro atoms. The van der Waals surface area contributed by atoms with Gasteiger partial charge in [0.25, 0.3) is 0 Å². The summed E-state index contributed by atoms with van der Waals surface area (Å²) < 4.78 is 0. The fraction of sp³-hybridized carbons (Fsp3) is 0.571. The second-order valence-electron chi connectivity index (χ2n) is 5.12. The first-order valence-electron chi connectivity index (χ1n) is 6.35. The van der Waals surface area contributed by atoms with Crippen molar-refractivity contribution >= 4 is 12.6 Å². The van der Waals surface area contributed by atoms with Crippen molar-refractivity contribution in [3.63, 3.8) is 0 Å². The lowest BCUT2D eigenvalue weighted by Gasteiger charge is -2.40. The summed E-state index contributed by atoms with van der Waals surface area (Å²) in [5.74, 6) is 0.919. The number of hydrogen-bond acceptors (Lipinski definition) is 3. The van der Waals surface area contributed by atoms with Crippen molar-refractivity contribution in [3.05, 3.63) is 35.9 Å². The molecule has 0 bridgehead atoms. The lowest BCUT2D eigenvalue weighted by atomic mass is 9.80. The van der Waals surface area contributed by atoms with Crippen molar-refractivity contribution in [3.8, 4) is 0 Å². The summed E-state index contributed by atoms with van der Waals surface area (Å²) in [4.78, 5) is 2.52. The van der Waals surface area contributed by atoms with Crippen molar-refractivity contribution in [2.75, 3.05) is 25.4 Å². The van der Waals surface area contributed by atoms with E-state index >= 15 is 0 Å². The molecule has 0 saturated carbocycles. The molecule has 1 heterocycles. The average Bonchev–Trinajstić information content (AvgIpc) is 2.41. The van der Waals surface area contributed by atoms with E-state index in [0.717, 1.165) is 31.9 Å². The first-order chi connectivity index (χ1) is 8.28. The monoisotopic (exact) mass is 250 g/mol. The Labute approximate surface area is 110 Å². The molecular formula is C14H22N2S. The van der Waals surface area contributed by atoms with Gasteiger partial charge in [0.1, 0.15) is 0 Å². The number of hydrogen-bond donors (Lipinski definition) is 2. The second kappa shape index (κ2) is 5.89. The van der Waals surface area contributed by atoms with Gasteiger partial charge in [-0.2, -0.15) is 12.6 Å². The summed E-state index contributed by atoms with van der Waals surface area (Å²) in [7, 11) is 0. The normalized spacial score (nSPS) is 20.4. The molecule has 17 heavy (non-hydrogen) atoms. The largest absolute Gasteiger partial charge is 0.330 e. The van der Waals surface area contributed by atoms with E-state index in [-0.39, 0.29) is 5.41 Å². The van der Waals surface area contributed by atoms with Gasteiger partial charge >= 0.3 is 0 Å². The van der Waals surface area contributed by atoms with Crippen molar-refractivity contribution in [1.29, 1.82) is 0 Å². The first-order valence-corrected chi connectivity index (χ1v) is 6.98. The summed E-state index contributed by atoms with van der Waals surface area (Å²) in [6.45, 7) is 4.13. The summed E-state index contributed by atoms with van der Waals surface area (Å²) >= 11 is 4.46. The van der Waals surface area contributed by atoms with Gasteiger partial charge in [0, 0.05) is 6.54 Å². The minimum absolute atomic E-state index is 0.288.